The van der Waals surface area contributed by atoms with Crippen LogP contribution >= 0.6 is 0 Å². The smallest absolute Gasteiger partial charge is 0.00141 e. The molecule has 4 rings (SSSR count). The average molecular weight is 176 g/mol. The van der Waals surface area contributed by atoms with E-state index >= 15 is 0 Å². The van der Waals surface area contributed by atoms with E-state index in [1.807, 2.05) is 0 Å². The van der Waals surface area contributed by atoms with Crippen LogP contribution in [0.1, 0.15) is 0 Å². The Kier molecular flexibility index (Phi) is 0.935. The van der Waals surface area contributed by atoms with E-state index in [2.05, 4.69) is 48.5 Å². The van der Waals surface area contributed by atoms with Crippen molar-refractivity contribution in [1.82, 2.24) is 0 Å². The Hall–Kier alpha value is -1.82. The summed E-state index contributed by atoms with van der Waals surface area (Å²) in [5.41, 5.74) is 2.92. The zero-order valence-corrected chi connectivity index (χ0v) is 7.62. The lowest BCUT2D eigenvalue weighted by Crippen LogP contribution is -1.68. The van der Waals surface area contributed by atoms with Crippen LogP contribution in [0.25, 0.3) is 32.7 Å². The quantitative estimate of drug-likeness (QED) is 0.355. The van der Waals surface area contributed by atoms with Gasteiger partial charge in [0.1, 0.15) is 0 Å². The maximum absolute atomic E-state index is 2.28. The Balaban J connectivity index is 2.36. The van der Waals surface area contributed by atoms with Gasteiger partial charge in [-0.1, -0.05) is 42.5 Å². The van der Waals surface area contributed by atoms with E-state index in [-0.39, 0.29) is 0 Å². The molecule has 0 unspecified atom stereocenters. The molecule has 0 nitrogen and oxygen atoms in total. The third kappa shape index (κ3) is 0.621. The van der Waals surface area contributed by atoms with Crippen molar-refractivity contribution in [3.8, 4) is 11.1 Å². The van der Waals surface area contributed by atoms with E-state index in [0.717, 1.165) is 0 Å². The fraction of sp³-hybridized carbons (Fsp3) is 0. The first kappa shape index (κ1) is 6.61. The van der Waals surface area contributed by atoms with Crippen molar-refractivity contribution in [3.63, 3.8) is 0 Å². The average Bonchev–Trinajstić information content (AvgIpc) is 2.95. The molecule has 0 heterocycles. The third-order valence-corrected chi connectivity index (χ3v) is 3.09. The zero-order chi connectivity index (χ0) is 9.12. The van der Waals surface area contributed by atoms with Crippen molar-refractivity contribution in [2.45, 2.75) is 0 Å². The number of fused-ring (bicyclic) bond motifs is 3. The SMILES string of the molecule is c1ccc2c3c4c-3cccc4cc2c1. The molecule has 14 heavy (non-hydrogen) atoms. The molecule has 0 heteroatoms. The summed E-state index contributed by atoms with van der Waals surface area (Å²) in [6.45, 7) is 0. The molecular weight excluding hydrogens is 168 g/mol. The first-order valence-electron chi connectivity index (χ1n) is 4.90. The highest BCUT2D eigenvalue weighted by Gasteiger charge is 2.23. The van der Waals surface area contributed by atoms with Gasteiger partial charge in [0.15, 0.2) is 0 Å². The molecule has 3 aromatic carbocycles. The van der Waals surface area contributed by atoms with Gasteiger partial charge in [-0.25, -0.2) is 0 Å². The molecule has 1 aliphatic carbocycles. The lowest BCUT2D eigenvalue weighted by molar-refractivity contribution is 1.83. The van der Waals surface area contributed by atoms with Crippen molar-refractivity contribution in [1.29, 1.82) is 0 Å². The van der Waals surface area contributed by atoms with Gasteiger partial charge in [0.2, 0.25) is 0 Å². The number of hydrogen-bond acceptors (Lipinski definition) is 0. The predicted octanol–water partition coefficient (Wildman–Crippen LogP) is 3.97. The van der Waals surface area contributed by atoms with Gasteiger partial charge in [-0.15, -0.1) is 0 Å². The number of benzene rings is 3. The highest BCUT2D eigenvalue weighted by Crippen LogP contribution is 2.51. The number of rotatable bonds is 0. The first-order valence-corrected chi connectivity index (χ1v) is 4.90. The van der Waals surface area contributed by atoms with Crippen LogP contribution in [0.2, 0.25) is 0 Å². The Morgan fingerprint density at radius 2 is 1.57 bits per heavy atom. The normalized spacial score (nSPS) is 12.3. The highest BCUT2D eigenvalue weighted by atomic mass is 14.3. The minimum absolute atomic E-state index is 1.36. The molecular formula is C14H8. The van der Waals surface area contributed by atoms with Crippen molar-refractivity contribution < 1.29 is 0 Å². The molecule has 0 saturated carbocycles. The molecule has 0 radical (unpaired) electrons. The Morgan fingerprint density at radius 1 is 0.714 bits per heavy atom. The van der Waals surface area contributed by atoms with Crippen molar-refractivity contribution >= 4 is 21.5 Å². The largest absolute Gasteiger partial charge is 0.0616 e. The standard InChI is InChI=1S/C14H8/c1-2-6-11-9(4-1)8-10-5-3-7-12-13(10)14(11)12/h1-8H. The molecule has 0 bridgehead atoms. The van der Waals surface area contributed by atoms with Gasteiger partial charge in [-0.2, -0.15) is 0 Å². The van der Waals surface area contributed by atoms with Crippen molar-refractivity contribution in [3.05, 3.63) is 48.5 Å². The van der Waals surface area contributed by atoms with Crippen molar-refractivity contribution in [2.75, 3.05) is 0 Å². The van der Waals surface area contributed by atoms with Gasteiger partial charge in [-0.3, -0.25) is 0 Å². The summed E-state index contributed by atoms with van der Waals surface area (Å²) in [7, 11) is 0. The van der Waals surface area contributed by atoms with E-state index < -0.39 is 0 Å². The predicted molar refractivity (Wildman–Crippen MR) is 60.4 cm³/mol. The second kappa shape index (κ2) is 1.98. The molecule has 0 spiro atoms. The first-order chi connectivity index (χ1) is 6.95. The summed E-state index contributed by atoms with van der Waals surface area (Å²) in [6, 6.07) is 17.5. The minimum Gasteiger partial charge on any atom is -0.0616 e. The fourth-order valence-electron chi connectivity index (χ4n) is 2.42. The van der Waals surface area contributed by atoms with Crippen LogP contribution < -0.4 is 0 Å². The maximum atomic E-state index is 2.28. The van der Waals surface area contributed by atoms with E-state index in [1.54, 1.807) is 0 Å². The van der Waals surface area contributed by atoms with Crippen LogP contribution in [0.4, 0.5) is 0 Å². The number of hydrogen-bond donors (Lipinski definition) is 0. The Morgan fingerprint density at radius 3 is 2.57 bits per heavy atom. The lowest BCUT2D eigenvalue weighted by Gasteiger charge is -1.94. The van der Waals surface area contributed by atoms with Gasteiger partial charge in [0.05, 0.1) is 0 Å². The summed E-state index contributed by atoms with van der Waals surface area (Å²) in [4.78, 5) is 0. The Labute approximate surface area is 81.8 Å². The topological polar surface area (TPSA) is 0 Å². The fourth-order valence-corrected chi connectivity index (χ4v) is 2.42. The van der Waals surface area contributed by atoms with Crippen LogP contribution in [0, 0.1) is 0 Å². The van der Waals surface area contributed by atoms with Crippen molar-refractivity contribution in [2.24, 2.45) is 0 Å². The molecule has 0 aromatic heterocycles. The molecule has 0 atom stereocenters. The van der Waals surface area contributed by atoms with Gasteiger partial charge in [0, 0.05) is 0 Å². The monoisotopic (exact) mass is 176 g/mol. The second-order valence-electron chi connectivity index (χ2n) is 3.88. The zero-order valence-electron chi connectivity index (χ0n) is 7.62. The lowest BCUT2D eigenvalue weighted by atomic mass is 10.1. The molecule has 0 aliphatic heterocycles. The maximum Gasteiger partial charge on any atom is -0.00141 e. The van der Waals surface area contributed by atoms with Gasteiger partial charge in [-0.05, 0) is 38.7 Å². The minimum atomic E-state index is 1.36. The van der Waals surface area contributed by atoms with E-state index in [0.29, 0.717) is 0 Å². The molecule has 64 valence electrons. The van der Waals surface area contributed by atoms with Crippen LogP contribution in [-0.2, 0) is 0 Å². The third-order valence-electron chi connectivity index (χ3n) is 3.09. The van der Waals surface area contributed by atoms with E-state index in [1.165, 1.54) is 32.7 Å². The molecule has 0 saturated heterocycles. The van der Waals surface area contributed by atoms with Gasteiger partial charge >= 0.3 is 0 Å². The van der Waals surface area contributed by atoms with Gasteiger partial charge in [0.25, 0.3) is 0 Å². The molecule has 1 aliphatic rings. The highest BCUT2D eigenvalue weighted by molar-refractivity contribution is 6.29. The summed E-state index contributed by atoms with van der Waals surface area (Å²) >= 11 is 0. The van der Waals surface area contributed by atoms with Crippen LogP contribution in [0.3, 0.4) is 0 Å². The van der Waals surface area contributed by atoms with E-state index in [4.69, 9.17) is 0 Å². The molecule has 3 aromatic rings. The summed E-state index contributed by atoms with van der Waals surface area (Å²) in [5.74, 6) is 0. The van der Waals surface area contributed by atoms with Crippen LogP contribution in [0.5, 0.6) is 0 Å². The molecule has 0 amide bonds. The van der Waals surface area contributed by atoms with E-state index in [9.17, 15) is 0 Å². The summed E-state index contributed by atoms with van der Waals surface area (Å²) < 4.78 is 0. The molecule has 0 fully saturated rings. The van der Waals surface area contributed by atoms with Gasteiger partial charge < -0.3 is 0 Å². The summed E-state index contributed by atoms with van der Waals surface area (Å²) in [5, 5.41) is 5.62. The summed E-state index contributed by atoms with van der Waals surface area (Å²) in [6.07, 6.45) is 0. The van der Waals surface area contributed by atoms with Crippen LogP contribution in [0.15, 0.2) is 48.5 Å². The van der Waals surface area contributed by atoms with Crippen LogP contribution in [-0.4, -0.2) is 0 Å². The Bertz CT molecular complexity index is 678. The molecule has 0 N–H and O–H groups in total. The second-order valence-corrected chi connectivity index (χ2v) is 3.88.